The number of urea groups is 1. The summed E-state index contributed by atoms with van der Waals surface area (Å²) in [4.78, 5) is 36.1. The zero-order chi connectivity index (χ0) is 27.7. The van der Waals surface area contributed by atoms with E-state index in [-0.39, 0.29) is 29.1 Å². The first-order valence-corrected chi connectivity index (χ1v) is 14.9. The van der Waals surface area contributed by atoms with Crippen molar-refractivity contribution >= 4 is 6.03 Å². The van der Waals surface area contributed by atoms with Gasteiger partial charge in [-0.15, -0.1) is 0 Å². The number of aromatic nitrogens is 2. The molecule has 2 N–H and O–H groups in total. The number of nitrogens with zero attached hydrogens (tertiary/aromatic N) is 4. The highest BCUT2D eigenvalue weighted by Gasteiger charge is 2.47. The Morgan fingerprint density at radius 2 is 1.77 bits per heavy atom. The molecule has 6 rings (SSSR count). The van der Waals surface area contributed by atoms with E-state index in [4.69, 9.17) is 5.73 Å². The highest BCUT2D eigenvalue weighted by atomic mass is 16.2. The average Bonchev–Trinajstić information content (AvgIpc) is 3.44. The molecule has 3 aromatic rings. The molecular weight excluding hydrogens is 498 g/mol. The van der Waals surface area contributed by atoms with Crippen LogP contribution in [-0.4, -0.2) is 51.1 Å². The SMILES string of the molecule is Cc1ccccc1-c1cc(=O)n(C[C@@H]2CCN(C(=O)N3CC[C@@H](N)C[C@H]3c3ccccc3)CC23CCCC3)cn1. The number of benzene rings is 2. The zero-order valence-electron chi connectivity index (χ0n) is 23.5. The molecule has 3 atom stereocenters. The number of rotatable bonds is 4. The molecule has 1 aromatic heterocycles. The monoisotopic (exact) mass is 539 g/mol. The van der Waals surface area contributed by atoms with Crippen molar-refractivity contribution < 1.29 is 4.79 Å². The number of piperidine rings is 2. The Bertz CT molecular complexity index is 1400. The van der Waals surface area contributed by atoms with Crippen molar-refractivity contribution in [2.75, 3.05) is 19.6 Å². The second-order valence-corrected chi connectivity index (χ2v) is 12.2. The van der Waals surface area contributed by atoms with Crippen molar-refractivity contribution in [3.8, 4) is 11.3 Å². The Morgan fingerprint density at radius 3 is 2.52 bits per heavy atom. The zero-order valence-corrected chi connectivity index (χ0v) is 23.5. The normalized spacial score (nSPS) is 24.4. The summed E-state index contributed by atoms with van der Waals surface area (Å²) in [6.07, 6.45) is 8.85. The molecule has 1 aliphatic carbocycles. The van der Waals surface area contributed by atoms with Gasteiger partial charge in [-0.1, -0.05) is 67.4 Å². The van der Waals surface area contributed by atoms with Gasteiger partial charge in [0.15, 0.2) is 0 Å². The fourth-order valence-electron chi connectivity index (χ4n) is 7.50. The minimum atomic E-state index is -0.00438. The molecule has 3 fully saturated rings. The molecule has 0 unspecified atom stereocenters. The van der Waals surface area contributed by atoms with Crippen molar-refractivity contribution in [3.05, 3.63) is 88.5 Å². The van der Waals surface area contributed by atoms with E-state index in [9.17, 15) is 9.59 Å². The van der Waals surface area contributed by atoms with E-state index in [1.165, 1.54) is 12.8 Å². The number of aryl methyl sites for hydroxylation is 1. The smallest absolute Gasteiger partial charge is 0.320 e. The standard InChI is InChI=1S/C33H41N5O2/c1-24-9-5-6-12-28(24)29-20-31(39)37(23-35-29)21-26-13-17-36(22-33(26)15-7-8-16-33)32(40)38-18-14-27(34)19-30(38)25-10-3-2-4-11-25/h2-6,9-12,20,23,26-27,30H,7-8,13-19,21-22,34H2,1H3/t26-,27+,30-/m0/s1. The molecule has 0 radical (unpaired) electrons. The summed E-state index contributed by atoms with van der Waals surface area (Å²) in [6, 6.07) is 20.3. The summed E-state index contributed by atoms with van der Waals surface area (Å²) < 4.78 is 1.79. The summed E-state index contributed by atoms with van der Waals surface area (Å²) in [5, 5.41) is 0. The van der Waals surface area contributed by atoms with Gasteiger partial charge in [-0.2, -0.15) is 0 Å². The topological polar surface area (TPSA) is 84.5 Å². The maximum Gasteiger partial charge on any atom is 0.320 e. The summed E-state index contributed by atoms with van der Waals surface area (Å²) in [6.45, 7) is 4.89. The molecule has 7 heteroatoms. The van der Waals surface area contributed by atoms with Gasteiger partial charge in [0.25, 0.3) is 5.56 Å². The highest BCUT2D eigenvalue weighted by molar-refractivity contribution is 5.75. The number of carbonyl (C=O) groups excluding carboxylic acids is 1. The van der Waals surface area contributed by atoms with Crippen LogP contribution in [0.15, 0.2) is 71.8 Å². The molecule has 2 amide bonds. The van der Waals surface area contributed by atoms with Crippen molar-refractivity contribution in [2.45, 2.75) is 70.5 Å². The lowest BCUT2D eigenvalue weighted by Gasteiger charge is -2.49. The molecule has 0 bridgehead atoms. The van der Waals surface area contributed by atoms with E-state index in [1.54, 1.807) is 17.0 Å². The number of likely N-dealkylation sites (tertiary alicyclic amines) is 2. The van der Waals surface area contributed by atoms with Gasteiger partial charge in [0, 0.05) is 43.9 Å². The Labute approximate surface area is 237 Å². The van der Waals surface area contributed by atoms with Crippen LogP contribution in [0.4, 0.5) is 4.79 Å². The van der Waals surface area contributed by atoms with Crippen LogP contribution >= 0.6 is 0 Å². The molecule has 2 saturated heterocycles. The molecule has 1 spiro atoms. The Kier molecular flexibility index (Phi) is 7.49. The minimum Gasteiger partial charge on any atom is -0.328 e. The van der Waals surface area contributed by atoms with Gasteiger partial charge in [0.2, 0.25) is 0 Å². The number of hydrogen-bond acceptors (Lipinski definition) is 4. The minimum absolute atomic E-state index is 0.00438. The fourth-order valence-corrected chi connectivity index (χ4v) is 7.50. The summed E-state index contributed by atoms with van der Waals surface area (Å²) in [5.74, 6) is 0.350. The van der Waals surface area contributed by atoms with Gasteiger partial charge < -0.3 is 15.5 Å². The number of carbonyl (C=O) groups is 1. The van der Waals surface area contributed by atoms with Crippen LogP contribution in [0, 0.1) is 18.3 Å². The largest absolute Gasteiger partial charge is 0.328 e. The first kappa shape index (κ1) is 26.8. The Balaban J connectivity index is 1.20. The molecule has 1 saturated carbocycles. The predicted molar refractivity (Wildman–Crippen MR) is 158 cm³/mol. The van der Waals surface area contributed by atoms with Crippen LogP contribution in [0.5, 0.6) is 0 Å². The summed E-state index contributed by atoms with van der Waals surface area (Å²) >= 11 is 0. The summed E-state index contributed by atoms with van der Waals surface area (Å²) in [7, 11) is 0. The van der Waals surface area contributed by atoms with Crippen molar-refractivity contribution in [1.29, 1.82) is 0 Å². The number of nitrogens with two attached hydrogens (primary N) is 1. The van der Waals surface area contributed by atoms with Crippen molar-refractivity contribution in [1.82, 2.24) is 19.4 Å². The molecule has 3 heterocycles. The highest BCUT2D eigenvalue weighted by Crippen LogP contribution is 2.49. The van der Waals surface area contributed by atoms with E-state index < -0.39 is 0 Å². The van der Waals surface area contributed by atoms with Gasteiger partial charge in [-0.25, -0.2) is 9.78 Å². The van der Waals surface area contributed by atoms with Crippen LogP contribution < -0.4 is 11.3 Å². The van der Waals surface area contributed by atoms with Crippen LogP contribution in [-0.2, 0) is 6.54 Å². The molecular formula is C33H41N5O2. The number of amides is 2. The quantitative estimate of drug-likeness (QED) is 0.482. The van der Waals surface area contributed by atoms with Gasteiger partial charge in [-0.3, -0.25) is 9.36 Å². The van der Waals surface area contributed by atoms with Crippen LogP contribution in [0.3, 0.4) is 0 Å². The average molecular weight is 540 g/mol. The third-order valence-corrected chi connectivity index (χ3v) is 9.78. The molecule has 7 nitrogen and oxygen atoms in total. The predicted octanol–water partition coefficient (Wildman–Crippen LogP) is 5.39. The Hall–Kier alpha value is -3.45. The molecule has 210 valence electrons. The van der Waals surface area contributed by atoms with E-state index in [0.29, 0.717) is 19.0 Å². The van der Waals surface area contributed by atoms with Crippen molar-refractivity contribution in [3.63, 3.8) is 0 Å². The van der Waals surface area contributed by atoms with E-state index in [2.05, 4.69) is 26.9 Å². The lowest BCUT2D eigenvalue weighted by Crippen LogP contribution is -2.56. The first-order chi connectivity index (χ1) is 19.4. The maximum atomic E-state index is 14.0. The first-order valence-electron chi connectivity index (χ1n) is 14.9. The Morgan fingerprint density at radius 1 is 1.02 bits per heavy atom. The van der Waals surface area contributed by atoms with Gasteiger partial charge in [0.05, 0.1) is 18.1 Å². The van der Waals surface area contributed by atoms with Gasteiger partial charge in [0.1, 0.15) is 0 Å². The molecule has 3 aliphatic rings. The van der Waals surface area contributed by atoms with Crippen molar-refractivity contribution in [2.24, 2.45) is 17.1 Å². The lowest BCUT2D eigenvalue weighted by molar-refractivity contribution is 0.0214. The second kappa shape index (κ2) is 11.2. The second-order valence-electron chi connectivity index (χ2n) is 12.2. The maximum absolute atomic E-state index is 14.0. The fraction of sp³-hybridized carbons (Fsp3) is 0.485. The third-order valence-electron chi connectivity index (χ3n) is 9.78. The molecule has 40 heavy (non-hydrogen) atoms. The summed E-state index contributed by atoms with van der Waals surface area (Å²) in [5.41, 5.74) is 10.4. The van der Waals surface area contributed by atoms with Crippen LogP contribution in [0.1, 0.15) is 62.1 Å². The van der Waals surface area contributed by atoms with Gasteiger partial charge >= 0.3 is 6.03 Å². The number of hydrogen-bond donors (Lipinski definition) is 1. The molecule has 2 aromatic carbocycles. The lowest BCUT2D eigenvalue weighted by atomic mass is 9.69. The van der Waals surface area contributed by atoms with Crippen LogP contribution in [0.25, 0.3) is 11.3 Å². The van der Waals surface area contributed by atoms with E-state index in [1.807, 2.05) is 49.4 Å². The molecule has 2 aliphatic heterocycles. The van der Waals surface area contributed by atoms with Crippen LogP contribution in [0.2, 0.25) is 0 Å². The van der Waals surface area contributed by atoms with Gasteiger partial charge in [-0.05, 0) is 61.5 Å². The van der Waals surface area contributed by atoms with E-state index in [0.717, 1.165) is 67.6 Å². The third kappa shape index (κ3) is 5.19. The van der Waals surface area contributed by atoms with E-state index >= 15 is 0 Å².